The number of para-hydroxylation sites is 1. The van der Waals surface area contributed by atoms with Gasteiger partial charge in [-0.05, 0) is 35.9 Å². The SMILES string of the molecule is [Pt].c1ccc(C[PH+](CN(c2ccccc2)c2nc3c(-n4cccn4)coc3o2)c2ccccc2)cc1. The van der Waals surface area contributed by atoms with Crippen molar-refractivity contribution in [2.75, 3.05) is 11.2 Å². The first-order valence-electron chi connectivity index (χ1n) is 11.5. The van der Waals surface area contributed by atoms with Gasteiger partial charge in [0.05, 0.1) is 19.4 Å². The van der Waals surface area contributed by atoms with Crippen LogP contribution in [0.4, 0.5) is 11.7 Å². The molecule has 6 nitrogen and oxygen atoms in total. The molecule has 0 aliphatic carbocycles. The first kappa shape index (κ1) is 24.2. The Hall–Kier alpha value is -3.46. The average molecular weight is 675 g/mol. The number of fused-ring (bicyclic) bond motifs is 1. The van der Waals surface area contributed by atoms with Crippen LogP contribution >= 0.6 is 7.92 Å². The van der Waals surface area contributed by atoms with Crippen LogP contribution in [0, 0.1) is 0 Å². The monoisotopic (exact) mass is 674 g/mol. The van der Waals surface area contributed by atoms with Crippen LogP contribution in [0.15, 0.2) is 125 Å². The van der Waals surface area contributed by atoms with E-state index in [2.05, 4.69) is 82.8 Å². The topological polar surface area (TPSA) is 60.2 Å². The molecule has 1 atom stereocenters. The van der Waals surface area contributed by atoms with Crippen molar-refractivity contribution in [2.45, 2.75) is 6.16 Å². The van der Waals surface area contributed by atoms with Crippen LogP contribution in [0.2, 0.25) is 0 Å². The Morgan fingerprint density at radius 2 is 1.53 bits per heavy atom. The summed E-state index contributed by atoms with van der Waals surface area (Å²) in [6.07, 6.45) is 7.00. The maximum absolute atomic E-state index is 6.17. The van der Waals surface area contributed by atoms with E-state index in [4.69, 9.17) is 13.8 Å². The molecule has 0 aliphatic heterocycles. The van der Waals surface area contributed by atoms with Crippen molar-refractivity contribution in [3.63, 3.8) is 0 Å². The van der Waals surface area contributed by atoms with Crippen molar-refractivity contribution >= 4 is 36.2 Å². The molecule has 0 aliphatic rings. The average Bonchev–Trinajstić information content (AvgIpc) is 3.66. The van der Waals surface area contributed by atoms with Gasteiger partial charge in [-0.1, -0.05) is 66.7 Å². The molecule has 0 radical (unpaired) electrons. The van der Waals surface area contributed by atoms with Crippen LogP contribution in [0.25, 0.3) is 17.0 Å². The second-order valence-electron chi connectivity index (χ2n) is 8.26. The maximum Gasteiger partial charge on any atom is 0.321 e. The number of hydrogen-bond donors (Lipinski definition) is 0. The number of aromatic nitrogens is 3. The van der Waals surface area contributed by atoms with Gasteiger partial charge in [0.1, 0.15) is 18.2 Å². The van der Waals surface area contributed by atoms with Gasteiger partial charge in [-0.15, -0.1) is 0 Å². The van der Waals surface area contributed by atoms with Gasteiger partial charge >= 0.3 is 11.8 Å². The quantitative estimate of drug-likeness (QED) is 0.174. The van der Waals surface area contributed by atoms with E-state index in [1.165, 1.54) is 10.9 Å². The summed E-state index contributed by atoms with van der Waals surface area (Å²) in [6.45, 7) is 0. The molecule has 1 unspecified atom stereocenters. The summed E-state index contributed by atoms with van der Waals surface area (Å²) in [5, 5.41) is 5.69. The Morgan fingerprint density at radius 1 is 0.833 bits per heavy atom. The molecule has 0 bridgehead atoms. The molecule has 6 rings (SSSR count). The molecule has 3 aromatic heterocycles. The fourth-order valence-corrected chi connectivity index (χ4v) is 6.82. The largest absolute Gasteiger partial charge is 0.430 e. The Morgan fingerprint density at radius 3 is 2.22 bits per heavy atom. The van der Waals surface area contributed by atoms with Gasteiger partial charge < -0.3 is 8.83 Å². The van der Waals surface area contributed by atoms with Gasteiger partial charge in [0.15, 0.2) is 5.52 Å². The predicted octanol–water partition coefficient (Wildman–Crippen LogP) is 6.44. The maximum atomic E-state index is 6.17. The van der Waals surface area contributed by atoms with E-state index in [9.17, 15) is 0 Å². The van der Waals surface area contributed by atoms with Crippen LogP contribution in [0.1, 0.15) is 5.56 Å². The number of hydrogen-bond acceptors (Lipinski definition) is 5. The number of oxazole rings is 1. The smallest absolute Gasteiger partial charge is 0.321 e. The zero-order valence-electron chi connectivity index (χ0n) is 19.3. The number of rotatable bonds is 8. The van der Waals surface area contributed by atoms with E-state index in [0.29, 0.717) is 17.3 Å². The van der Waals surface area contributed by atoms with E-state index in [-0.39, 0.29) is 21.1 Å². The Balaban J connectivity index is 0.00000267. The minimum Gasteiger partial charge on any atom is -0.430 e. The first-order chi connectivity index (χ1) is 17.3. The van der Waals surface area contributed by atoms with Crippen LogP contribution in [0.5, 0.6) is 0 Å². The molecule has 0 amide bonds. The minimum atomic E-state index is -1.06. The van der Waals surface area contributed by atoms with Crippen molar-refractivity contribution in [3.8, 4) is 5.69 Å². The number of benzene rings is 3. The number of nitrogens with zero attached hydrogens (tertiary/aromatic N) is 4. The van der Waals surface area contributed by atoms with Gasteiger partial charge in [0.25, 0.3) is 0 Å². The molecule has 182 valence electrons. The Kier molecular flexibility index (Phi) is 7.46. The molecule has 0 N–H and O–H groups in total. The van der Waals surface area contributed by atoms with Crippen molar-refractivity contribution in [2.24, 2.45) is 0 Å². The molecular formula is C28H24N4O2PPt+. The summed E-state index contributed by atoms with van der Waals surface area (Å²) in [5.74, 6) is 0.392. The van der Waals surface area contributed by atoms with E-state index < -0.39 is 7.92 Å². The van der Waals surface area contributed by atoms with Crippen LogP contribution in [-0.4, -0.2) is 21.1 Å². The van der Waals surface area contributed by atoms with E-state index in [1.54, 1.807) is 17.1 Å². The Bertz CT molecular complexity index is 1500. The van der Waals surface area contributed by atoms with E-state index in [1.807, 2.05) is 30.5 Å². The third-order valence-electron chi connectivity index (χ3n) is 5.95. The molecule has 3 heterocycles. The van der Waals surface area contributed by atoms with Gasteiger partial charge in [-0.25, -0.2) is 4.68 Å². The second-order valence-corrected chi connectivity index (χ2v) is 10.7. The zero-order chi connectivity index (χ0) is 23.5. The van der Waals surface area contributed by atoms with E-state index in [0.717, 1.165) is 23.8 Å². The van der Waals surface area contributed by atoms with Crippen LogP contribution in [0.3, 0.4) is 0 Å². The zero-order valence-corrected chi connectivity index (χ0v) is 22.6. The summed E-state index contributed by atoms with van der Waals surface area (Å²) in [4.78, 5) is 7.05. The summed E-state index contributed by atoms with van der Waals surface area (Å²) in [5.41, 5.74) is 3.77. The van der Waals surface area contributed by atoms with Gasteiger partial charge in [0.2, 0.25) is 0 Å². The van der Waals surface area contributed by atoms with E-state index >= 15 is 0 Å². The van der Waals surface area contributed by atoms with Gasteiger partial charge in [0, 0.05) is 39.1 Å². The number of anilines is 2. The third-order valence-corrected chi connectivity index (χ3v) is 8.63. The molecule has 3 aromatic carbocycles. The summed E-state index contributed by atoms with van der Waals surface area (Å²) in [6, 6.07) is 34.1. The van der Waals surface area contributed by atoms with Crippen molar-refractivity contribution in [1.29, 1.82) is 0 Å². The standard InChI is InChI=1S/C28H23N4O2P.Pt/c1-4-11-22(12-5-1)20-35(24-15-8-3-9-16-24)21-31(23-13-6-2-7-14-23)28-30-26-25(19-33-27(26)34-28)32-18-10-17-29-32;/h1-19H,20-21H2;/p+1. The molecule has 6 aromatic rings. The summed E-state index contributed by atoms with van der Waals surface area (Å²) < 4.78 is 13.6. The summed E-state index contributed by atoms with van der Waals surface area (Å²) in [7, 11) is -1.06. The molecule has 8 heteroatoms. The van der Waals surface area contributed by atoms with Crippen molar-refractivity contribution in [3.05, 3.63) is 121 Å². The second kappa shape index (κ2) is 11.1. The fourth-order valence-electron chi connectivity index (χ4n) is 4.23. The van der Waals surface area contributed by atoms with Crippen molar-refractivity contribution in [1.82, 2.24) is 14.8 Å². The predicted molar refractivity (Wildman–Crippen MR) is 141 cm³/mol. The molecule has 0 saturated heterocycles. The summed E-state index contributed by atoms with van der Waals surface area (Å²) >= 11 is 0. The minimum absolute atomic E-state index is 0. The van der Waals surface area contributed by atoms with Gasteiger partial charge in [-0.2, -0.15) is 10.1 Å². The molecular weight excluding hydrogens is 650 g/mol. The molecule has 36 heavy (non-hydrogen) atoms. The normalized spacial score (nSPS) is 11.8. The molecule has 0 fully saturated rings. The van der Waals surface area contributed by atoms with Gasteiger partial charge in [-0.3, -0.25) is 4.90 Å². The first-order valence-corrected chi connectivity index (χ1v) is 13.4. The van der Waals surface area contributed by atoms with Crippen LogP contribution in [-0.2, 0) is 27.2 Å². The van der Waals surface area contributed by atoms with Crippen LogP contribution < -0.4 is 10.2 Å². The molecule has 0 spiro atoms. The van der Waals surface area contributed by atoms with Crippen molar-refractivity contribution < 1.29 is 29.9 Å². The molecule has 0 saturated carbocycles. The fraction of sp³-hybridized carbons (Fsp3) is 0.0714. The Labute approximate surface area is 224 Å². The number of furan rings is 1. The third kappa shape index (κ3) is 5.06.